The number of nitrogens with zero attached hydrogens (tertiary/aromatic N) is 2. The molecule has 0 saturated carbocycles. The standard InChI is InChI=1S/C14H21BrN2O3S/c1-2-5-16-6-8-17(9-7-16)21(19,20)14-10-12(11-18)3-4-13(14)15/h3-4,10,18H,2,5-9,11H2,1H3. The first-order valence-corrected chi connectivity index (χ1v) is 9.34. The molecule has 0 unspecified atom stereocenters. The number of hydrogen-bond donors (Lipinski definition) is 1. The molecule has 0 aromatic heterocycles. The van der Waals surface area contributed by atoms with Crippen molar-refractivity contribution in [2.24, 2.45) is 0 Å². The summed E-state index contributed by atoms with van der Waals surface area (Å²) in [6, 6.07) is 4.92. The van der Waals surface area contributed by atoms with E-state index in [2.05, 4.69) is 27.8 Å². The van der Waals surface area contributed by atoms with Gasteiger partial charge in [-0.25, -0.2) is 8.42 Å². The highest BCUT2D eigenvalue weighted by atomic mass is 79.9. The number of rotatable bonds is 5. The summed E-state index contributed by atoms with van der Waals surface area (Å²) < 4.78 is 27.5. The molecule has 0 aliphatic carbocycles. The van der Waals surface area contributed by atoms with E-state index >= 15 is 0 Å². The molecular weight excluding hydrogens is 356 g/mol. The minimum Gasteiger partial charge on any atom is -0.392 e. The van der Waals surface area contributed by atoms with Crippen molar-refractivity contribution in [3.05, 3.63) is 28.2 Å². The average molecular weight is 377 g/mol. The summed E-state index contributed by atoms with van der Waals surface area (Å²) in [4.78, 5) is 2.52. The van der Waals surface area contributed by atoms with Gasteiger partial charge in [0.15, 0.2) is 0 Å². The van der Waals surface area contributed by atoms with Crippen LogP contribution in [0.15, 0.2) is 27.6 Å². The van der Waals surface area contributed by atoms with Crippen molar-refractivity contribution in [2.75, 3.05) is 32.7 Å². The summed E-state index contributed by atoms with van der Waals surface area (Å²) in [5.74, 6) is 0. The van der Waals surface area contributed by atoms with Crippen molar-refractivity contribution < 1.29 is 13.5 Å². The van der Waals surface area contributed by atoms with Gasteiger partial charge in [0.25, 0.3) is 0 Å². The van der Waals surface area contributed by atoms with Crippen LogP contribution in [0.3, 0.4) is 0 Å². The van der Waals surface area contributed by atoms with Crippen molar-refractivity contribution in [1.29, 1.82) is 0 Å². The van der Waals surface area contributed by atoms with Crippen LogP contribution in [-0.4, -0.2) is 55.5 Å². The molecule has 118 valence electrons. The lowest BCUT2D eigenvalue weighted by Crippen LogP contribution is -2.48. The summed E-state index contributed by atoms with van der Waals surface area (Å²) in [6.07, 6.45) is 1.08. The molecule has 1 heterocycles. The lowest BCUT2D eigenvalue weighted by atomic mass is 10.2. The van der Waals surface area contributed by atoms with Crippen LogP contribution in [0.25, 0.3) is 0 Å². The number of aliphatic hydroxyl groups excluding tert-OH is 1. The fraction of sp³-hybridized carbons (Fsp3) is 0.571. The molecule has 1 aromatic rings. The van der Waals surface area contributed by atoms with Gasteiger partial charge in [-0.1, -0.05) is 13.0 Å². The number of halogens is 1. The molecule has 1 N–H and O–H groups in total. The average Bonchev–Trinajstić information content (AvgIpc) is 2.48. The van der Waals surface area contributed by atoms with Gasteiger partial charge in [-0.2, -0.15) is 4.31 Å². The monoisotopic (exact) mass is 376 g/mol. The highest BCUT2D eigenvalue weighted by Gasteiger charge is 2.29. The van der Waals surface area contributed by atoms with Crippen molar-refractivity contribution in [3.63, 3.8) is 0 Å². The fourth-order valence-corrected chi connectivity index (χ4v) is 4.89. The zero-order valence-corrected chi connectivity index (χ0v) is 14.5. The Labute approximate surface area is 134 Å². The van der Waals surface area contributed by atoms with Gasteiger partial charge in [0.2, 0.25) is 10.0 Å². The van der Waals surface area contributed by atoms with Gasteiger partial charge in [0.1, 0.15) is 0 Å². The van der Waals surface area contributed by atoms with E-state index in [0.717, 1.165) is 26.1 Å². The second-order valence-corrected chi connectivity index (χ2v) is 7.93. The van der Waals surface area contributed by atoms with Crippen molar-refractivity contribution in [2.45, 2.75) is 24.8 Å². The maximum atomic E-state index is 12.7. The van der Waals surface area contributed by atoms with Crippen LogP contribution < -0.4 is 0 Å². The quantitative estimate of drug-likeness (QED) is 0.848. The van der Waals surface area contributed by atoms with Gasteiger partial charge in [-0.3, -0.25) is 0 Å². The lowest BCUT2D eigenvalue weighted by molar-refractivity contribution is 0.188. The Balaban J connectivity index is 2.19. The maximum Gasteiger partial charge on any atom is 0.244 e. The number of sulfonamides is 1. The third-order valence-corrected chi connectivity index (χ3v) is 6.56. The van der Waals surface area contributed by atoms with Gasteiger partial charge in [-0.05, 0) is 46.6 Å². The smallest absolute Gasteiger partial charge is 0.244 e. The highest BCUT2D eigenvalue weighted by Crippen LogP contribution is 2.27. The van der Waals surface area contributed by atoms with Crippen LogP contribution in [0.1, 0.15) is 18.9 Å². The first-order chi connectivity index (χ1) is 9.98. The Kier molecular flexibility index (Phi) is 5.79. The number of piperazine rings is 1. The van der Waals surface area contributed by atoms with Gasteiger partial charge >= 0.3 is 0 Å². The van der Waals surface area contributed by atoms with Crippen molar-refractivity contribution in [1.82, 2.24) is 9.21 Å². The van der Waals surface area contributed by atoms with E-state index in [-0.39, 0.29) is 11.5 Å². The topological polar surface area (TPSA) is 60.9 Å². The molecule has 0 spiro atoms. The summed E-state index contributed by atoms with van der Waals surface area (Å²) in [5, 5.41) is 9.19. The van der Waals surface area contributed by atoms with E-state index in [1.807, 2.05) is 0 Å². The third-order valence-electron chi connectivity index (χ3n) is 3.67. The van der Waals surface area contributed by atoms with E-state index < -0.39 is 10.0 Å². The lowest BCUT2D eigenvalue weighted by Gasteiger charge is -2.34. The second-order valence-electron chi connectivity index (χ2n) is 5.17. The normalized spacial score (nSPS) is 18.0. The molecule has 0 amide bonds. The minimum atomic E-state index is -3.51. The Morgan fingerprint density at radius 2 is 1.90 bits per heavy atom. The molecule has 0 bridgehead atoms. The second kappa shape index (κ2) is 7.19. The van der Waals surface area contributed by atoms with Crippen molar-refractivity contribution in [3.8, 4) is 0 Å². The Hall–Kier alpha value is -0.470. The van der Waals surface area contributed by atoms with Crippen molar-refractivity contribution >= 4 is 26.0 Å². The van der Waals surface area contributed by atoms with Crippen LogP contribution in [-0.2, 0) is 16.6 Å². The third kappa shape index (κ3) is 3.84. The number of benzene rings is 1. The Morgan fingerprint density at radius 3 is 2.48 bits per heavy atom. The van der Waals surface area contributed by atoms with Gasteiger partial charge in [0.05, 0.1) is 11.5 Å². The molecule has 7 heteroatoms. The molecule has 2 rings (SSSR count). The molecule has 1 fully saturated rings. The van der Waals surface area contributed by atoms with Gasteiger partial charge < -0.3 is 10.0 Å². The molecule has 1 saturated heterocycles. The molecular formula is C14H21BrN2O3S. The van der Waals surface area contributed by atoms with E-state index in [4.69, 9.17) is 0 Å². The molecule has 5 nitrogen and oxygen atoms in total. The maximum absolute atomic E-state index is 12.7. The van der Waals surface area contributed by atoms with Crippen LogP contribution in [0, 0.1) is 0 Å². The molecule has 1 aliphatic heterocycles. The predicted molar refractivity (Wildman–Crippen MR) is 85.6 cm³/mol. The zero-order valence-electron chi connectivity index (χ0n) is 12.1. The van der Waals surface area contributed by atoms with Gasteiger partial charge in [-0.15, -0.1) is 0 Å². The molecule has 1 aromatic carbocycles. The largest absolute Gasteiger partial charge is 0.392 e. The van der Waals surface area contributed by atoms with Crippen LogP contribution in [0.2, 0.25) is 0 Å². The zero-order chi connectivity index (χ0) is 15.5. The van der Waals surface area contributed by atoms with Crippen LogP contribution >= 0.6 is 15.9 Å². The summed E-state index contributed by atoms with van der Waals surface area (Å²) in [5.41, 5.74) is 0.599. The Bertz CT molecular complexity index is 584. The van der Waals surface area contributed by atoms with E-state index in [9.17, 15) is 13.5 Å². The summed E-state index contributed by atoms with van der Waals surface area (Å²) >= 11 is 3.30. The van der Waals surface area contributed by atoms with E-state index in [1.54, 1.807) is 12.1 Å². The molecule has 0 radical (unpaired) electrons. The first-order valence-electron chi connectivity index (χ1n) is 7.11. The van der Waals surface area contributed by atoms with Crippen LogP contribution in [0.4, 0.5) is 0 Å². The SMILES string of the molecule is CCCN1CCN(S(=O)(=O)c2cc(CO)ccc2Br)CC1. The molecule has 0 atom stereocenters. The van der Waals surface area contributed by atoms with Gasteiger partial charge in [0, 0.05) is 30.7 Å². The minimum absolute atomic E-state index is 0.167. The summed E-state index contributed by atoms with van der Waals surface area (Å²) in [7, 11) is -3.51. The first kappa shape index (κ1) is 16.9. The molecule has 21 heavy (non-hydrogen) atoms. The van der Waals surface area contributed by atoms with Crippen LogP contribution in [0.5, 0.6) is 0 Å². The van der Waals surface area contributed by atoms with E-state index in [0.29, 0.717) is 23.1 Å². The van der Waals surface area contributed by atoms with E-state index in [1.165, 1.54) is 10.4 Å². The fourth-order valence-electron chi connectivity index (χ4n) is 2.49. The number of aliphatic hydroxyl groups is 1. The highest BCUT2D eigenvalue weighted by molar-refractivity contribution is 9.10. The summed E-state index contributed by atoms with van der Waals surface area (Å²) in [6.45, 7) is 5.53. The predicted octanol–water partition coefficient (Wildman–Crippen LogP) is 1.66. The number of hydrogen-bond acceptors (Lipinski definition) is 4. The Morgan fingerprint density at radius 1 is 1.24 bits per heavy atom. The molecule has 1 aliphatic rings.